The highest BCUT2D eigenvalue weighted by atomic mass is 35.5. The Morgan fingerprint density at radius 1 is 1.26 bits per heavy atom. The van der Waals surface area contributed by atoms with E-state index in [0.29, 0.717) is 17.8 Å². The minimum absolute atomic E-state index is 0. The van der Waals surface area contributed by atoms with Gasteiger partial charge < -0.3 is 10.6 Å². The van der Waals surface area contributed by atoms with E-state index in [9.17, 15) is 4.79 Å². The molecule has 1 saturated heterocycles. The molecular weight excluding hydrogens is 314 g/mol. The summed E-state index contributed by atoms with van der Waals surface area (Å²) < 4.78 is 1.86. The van der Waals surface area contributed by atoms with E-state index in [4.69, 9.17) is 0 Å². The van der Waals surface area contributed by atoms with Crippen molar-refractivity contribution in [2.45, 2.75) is 64.0 Å². The van der Waals surface area contributed by atoms with Crippen molar-refractivity contribution in [2.75, 3.05) is 13.1 Å². The Hall–Kier alpha value is -1.14. The van der Waals surface area contributed by atoms with Crippen LogP contribution < -0.4 is 10.6 Å². The van der Waals surface area contributed by atoms with Crippen molar-refractivity contribution >= 4 is 18.3 Å². The average molecular weight is 342 g/mol. The lowest BCUT2D eigenvalue weighted by Gasteiger charge is -2.28. The van der Waals surface area contributed by atoms with E-state index in [1.165, 1.54) is 19.3 Å². The van der Waals surface area contributed by atoms with E-state index < -0.39 is 0 Å². The maximum atomic E-state index is 12.3. The number of hydrogen-bond donors (Lipinski definition) is 2. The van der Waals surface area contributed by atoms with Crippen LogP contribution in [0.1, 0.15) is 68.4 Å². The second kappa shape index (κ2) is 8.64. The Morgan fingerprint density at radius 3 is 2.61 bits per heavy atom. The van der Waals surface area contributed by atoms with Gasteiger partial charge >= 0.3 is 0 Å². The first kappa shape index (κ1) is 18.2. The fraction of sp³-hybridized carbons (Fsp3) is 0.812. The molecule has 2 aliphatic rings. The monoisotopic (exact) mass is 341 g/mol. The molecule has 0 atom stereocenters. The van der Waals surface area contributed by atoms with Gasteiger partial charge in [-0.25, -0.2) is 4.68 Å². The lowest BCUT2D eigenvalue weighted by Crippen LogP contribution is -2.37. The van der Waals surface area contributed by atoms with E-state index in [-0.39, 0.29) is 18.3 Å². The summed E-state index contributed by atoms with van der Waals surface area (Å²) in [6.45, 7) is 4.27. The standard InChI is InChI=1S/C16H27N5O.ClH/c1-2-12-3-5-13(6-4-12)18-16(22)15-11-21(20-19-15)14-7-9-17-10-8-14;/h11-14,17H,2-10H2,1H3,(H,18,22);1H. The fourth-order valence-corrected chi connectivity index (χ4v) is 3.60. The third-order valence-corrected chi connectivity index (χ3v) is 5.19. The second-order valence-electron chi connectivity index (χ2n) is 6.66. The Morgan fingerprint density at radius 2 is 1.96 bits per heavy atom. The first-order chi connectivity index (χ1) is 10.8. The summed E-state index contributed by atoms with van der Waals surface area (Å²) >= 11 is 0. The summed E-state index contributed by atoms with van der Waals surface area (Å²) in [5.74, 6) is 0.772. The lowest BCUT2D eigenvalue weighted by molar-refractivity contribution is 0.0916. The van der Waals surface area contributed by atoms with Crippen LogP contribution in [0.15, 0.2) is 6.20 Å². The molecule has 6 nitrogen and oxygen atoms in total. The third kappa shape index (κ3) is 4.67. The number of halogens is 1. The molecule has 0 unspecified atom stereocenters. The number of carbonyl (C=O) groups excluding carboxylic acids is 1. The highest BCUT2D eigenvalue weighted by Gasteiger charge is 2.23. The van der Waals surface area contributed by atoms with Crippen LogP contribution in [0, 0.1) is 5.92 Å². The van der Waals surface area contributed by atoms with Crippen molar-refractivity contribution in [3.63, 3.8) is 0 Å². The molecule has 2 fully saturated rings. The Labute approximate surface area is 144 Å². The lowest BCUT2D eigenvalue weighted by atomic mass is 9.84. The summed E-state index contributed by atoms with van der Waals surface area (Å²) in [4.78, 5) is 12.3. The van der Waals surface area contributed by atoms with Gasteiger partial charge in [0.2, 0.25) is 0 Å². The molecule has 0 bridgehead atoms. The number of amides is 1. The van der Waals surface area contributed by atoms with Crippen LogP contribution >= 0.6 is 12.4 Å². The van der Waals surface area contributed by atoms with Crippen molar-refractivity contribution < 1.29 is 4.79 Å². The molecule has 1 aromatic rings. The molecular formula is C16H28ClN5O. The summed E-state index contributed by atoms with van der Waals surface area (Å²) in [5.41, 5.74) is 0.455. The van der Waals surface area contributed by atoms with Crippen LogP contribution in [-0.2, 0) is 0 Å². The number of nitrogens with one attached hydrogen (secondary N) is 2. The minimum Gasteiger partial charge on any atom is -0.348 e. The predicted molar refractivity (Wildman–Crippen MR) is 91.9 cm³/mol. The summed E-state index contributed by atoms with van der Waals surface area (Å²) in [5, 5.41) is 14.7. The van der Waals surface area contributed by atoms with E-state index >= 15 is 0 Å². The molecule has 130 valence electrons. The van der Waals surface area contributed by atoms with E-state index in [0.717, 1.165) is 44.7 Å². The van der Waals surface area contributed by atoms with Crippen molar-refractivity contribution in [2.24, 2.45) is 5.92 Å². The Bertz CT molecular complexity index is 492. The number of piperidine rings is 1. The van der Waals surface area contributed by atoms with Gasteiger partial charge in [-0.2, -0.15) is 0 Å². The normalized spacial score (nSPS) is 25.6. The number of aromatic nitrogens is 3. The molecule has 1 aromatic heterocycles. The molecule has 2 heterocycles. The van der Waals surface area contributed by atoms with Crippen molar-refractivity contribution in [3.05, 3.63) is 11.9 Å². The van der Waals surface area contributed by atoms with Crippen LogP contribution in [0.3, 0.4) is 0 Å². The molecule has 0 spiro atoms. The predicted octanol–water partition coefficient (Wildman–Crippen LogP) is 2.32. The highest BCUT2D eigenvalue weighted by molar-refractivity contribution is 5.92. The third-order valence-electron chi connectivity index (χ3n) is 5.19. The molecule has 1 aliphatic carbocycles. The molecule has 7 heteroatoms. The molecule has 2 N–H and O–H groups in total. The van der Waals surface area contributed by atoms with Crippen LogP contribution in [0.5, 0.6) is 0 Å². The zero-order valence-corrected chi connectivity index (χ0v) is 14.6. The minimum atomic E-state index is -0.0693. The molecule has 23 heavy (non-hydrogen) atoms. The van der Waals surface area contributed by atoms with Gasteiger partial charge in [0.1, 0.15) is 0 Å². The first-order valence-electron chi connectivity index (χ1n) is 8.69. The number of nitrogens with zero attached hydrogens (tertiary/aromatic N) is 3. The zero-order valence-electron chi connectivity index (χ0n) is 13.8. The van der Waals surface area contributed by atoms with Crippen molar-refractivity contribution in [1.29, 1.82) is 0 Å². The Kier molecular flexibility index (Phi) is 6.84. The highest BCUT2D eigenvalue weighted by Crippen LogP contribution is 2.26. The summed E-state index contributed by atoms with van der Waals surface area (Å²) in [7, 11) is 0. The number of hydrogen-bond acceptors (Lipinski definition) is 4. The molecule has 0 aromatic carbocycles. The van der Waals surface area contributed by atoms with Crippen LogP contribution in [0.4, 0.5) is 0 Å². The van der Waals surface area contributed by atoms with Gasteiger partial charge in [0.25, 0.3) is 5.91 Å². The van der Waals surface area contributed by atoms with E-state index in [2.05, 4.69) is 27.9 Å². The molecule has 1 saturated carbocycles. The Balaban J connectivity index is 0.00000192. The van der Waals surface area contributed by atoms with Gasteiger partial charge in [0.15, 0.2) is 5.69 Å². The summed E-state index contributed by atoms with van der Waals surface area (Å²) in [6, 6.07) is 0.676. The van der Waals surface area contributed by atoms with Gasteiger partial charge in [-0.15, -0.1) is 17.5 Å². The van der Waals surface area contributed by atoms with Crippen molar-refractivity contribution in [1.82, 2.24) is 25.6 Å². The number of carbonyl (C=O) groups is 1. The first-order valence-corrected chi connectivity index (χ1v) is 8.69. The van der Waals surface area contributed by atoms with Crippen LogP contribution in [0.2, 0.25) is 0 Å². The smallest absolute Gasteiger partial charge is 0.273 e. The van der Waals surface area contributed by atoms with Crippen LogP contribution in [0.25, 0.3) is 0 Å². The quantitative estimate of drug-likeness (QED) is 0.881. The molecule has 1 amide bonds. The maximum absolute atomic E-state index is 12.3. The van der Waals surface area contributed by atoms with E-state index in [1.807, 2.05) is 10.9 Å². The van der Waals surface area contributed by atoms with Gasteiger partial charge in [0, 0.05) is 6.04 Å². The topological polar surface area (TPSA) is 71.8 Å². The second-order valence-corrected chi connectivity index (χ2v) is 6.66. The fourth-order valence-electron chi connectivity index (χ4n) is 3.60. The molecule has 1 aliphatic heterocycles. The molecule has 3 rings (SSSR count). The van der Waals surface area contributed by atoms with Crippen molar-refractivity contribution in [3.8, 4) is 0 Å². The van der Waals surface area contributed by atoms with Gasteiger partial charge in [-0.05, 0) is 57.5 Å². The summed E-state index contributed by atoms with van der Waals surface area (Å²) in [6.07, 6.45) is 9.79. The average Bonchev–Trinajstić information content (AvgIpc) is 3.06. The molecule has 0 radical (unpaired) electrons. The maximum Gasteiger partial charge on any atom is 0.273 e. The van der Waals surface area contributed by atoms with E-state index in [1.54, 1.807) is 0 Å². The van der Waals surface area contributed by atoms with Gasteiger partial charge in [-0.1, -0.05) is 18.6 Å². The largest absolute Gasteiger partial charge is 0.348 e. The zero-order chi connectivity index (χ0) is 15.4. The van der Waals surface area contributed by atoms with Gasteiger partial charge in [-0.3, -0.25) is 4.79 Å². The van der Waals surface area contributed by atoms with Gasteiger partial charge in [0.05, 0.1) is 12.2 Å². The number of rotatable bonds is 4. The van der Waals surface area contributed by atoms with Crippen LogP contribution in [-0.4, -0.2) is 40.0 Å². The SMILES string of the molecule is CCC1CCC(NC(=O)c2cn(C3CCNCC3)nn2)CC1.Cl.